The van der Waals surface area contributed by atoms with Gasteiger partial charge in [0.2, 0.25) is 15.9 Å². The highest BCUT2D eigenvalue weighted by Crippen LogP contribution is 2.35. The molecule has 0 unspecified atom stereocenters. The summed E-state index contributed by atoms with van der Waals surface area (Å²) in [6.45, 7) is 0.458. The second-order valence-electron chi connectivity index (χ2n) is 6.64. The molecule has 132 valence electrons. The van der Waals surface area contributed by atoms with Gasteiger partial charge in [-0.15, -0.1) is 0 Å². The highest BCUT2D eigenvalue weighted by Gasteiger charge is 2.46. The molecule has 0 N–H and O–H groups in total. The second-order valence-corrected chi connectivity index (χ2v) is 8.49. The van der Waals surface area contributed by atoms with Gasteiger partial charge in [0, 0.05) is 44.5 Å². The fourth-order valence-electron chi connectivity index (χ4n) is 3.78. The van der Waals surface area contributed by atoms with Crippen molar-refractivity contribution in [2.24, 2.45) is 0 Å². The molecule has 2 bridgehead atoms. The molecule has 0 spiro atoms. The van der Waals surface area contributed by atoms with Crippen molar-refractivity contribution in [2.75, 3.05) is 13.6 Å². The molecule has 0 radical (unpaired) electrons. The maximum Gasteiger partial charge on any atom is 0.243 e. The molecule has 0 saturated carbocycles. The van der Waals surface area contributed by atoms with E-state index < -0.39 is 10.0 Å². The lowest BCUT2D eigenvalue weighted by atomic mass is 10.1. The van der Waals surface area contributed by atoms with Gasteiger partial charge in [-0.3, -0.25) is 4.79 Å². The van der Waals surface area contributed by atoms with Gasteiger partial charge in [-0.25, -0.2) is 13.1 Å². The quantitative estimate of drug-likeness (QED) is 0.826. The summed E-state index contributed by atoms with van der Waals surface area (Å²) in [7, 11) is -1.89. The zero-order valence-corrected chi connectivity index (χ0v) is 14.8. The zero-order chi connectivity index (χ0) is 17.6. The maximum absolute atomic E-state index is 13.2. The summed E-state index contributed by atoms with van der Waals surface area (Å²) in [6, 6.07) is 8.15. The predicted molar refractivity (Wildman–Crippen MR) is 91.7 cm³/mol. The minimum absolute atomic E-state index is 0.0152. The SMILES string of the molecule is CN1C[C@@H]2CC[C@H](CC1=O)N2S(=O)(=O)c1ccc(-n2cccn2)cc1. The number of carbonyl (C=O) groups excluding carboxylic acids is 1. The molecule has 1 aromatic heterocycles. The number of likely N-dealkylation sites (N-methyl/N-ethyl adjacent to an activating group) is 1. The summed E-state index contributed by atoms with van der Waals surface area (Å²) in [6.07, 6.45) is 5.28. The number of amides is 1. The number of aromatic nitrogens is 2. The first-order valence-corrected chi connectivity index (χ1v) is 9.78. The Balaban J connectivity index is 1.66. The van der Waals surface area contributed by atoms with Crippen LogP contribution in [0.4, 0.5) is 0 Å². The number of hydrogen-bond acceptors (Lipinski definition) is 4. The monoisotopic (exact) mass is 360 g/mol. The Morgan fingerprint density at radius 3 is 2.52 bits per heavy atom. The number of hydrogen-bond donors (Lipinski definition) is 0. The van der Waals surface area contributed by atoms with Crippen molar-refractivity contribution in [3.63, 3.8) is 0 Å². The Morgan fingerprint density at radius 2 is 1.84 bits per heavy atom. The molecule has 8 heteroatoms. The van der Waals surface area contributed by atoms with Crippen molar-refractivity contribution >= 4 is 15.9 Å². The van der Waals surface area contributed by atoms with Crippen molar-refractivity contribution in [3.8, 4) is 5.69 Å². The van der Waals surface area contributed by atoms with Gasteiger partial charge in [-0.05, 0) is 43.2 Å². The third-order valence-electron chi connectivity index (χ3n) is 5.05. The van der Waals surface area contributed by atoms with Crippen LogP contribution in [-0.2, 0) is 14.8 Å². The Bertz CT molecular complexity index is 877. The fourth-order valence-corrected chi connectivity index (χ4v) is 5.64. The maximum atomic E-state index is 13.2. The van der Waals surface area contributed by atoms with E-state index in [1.165, 1.54) is 0 Å². The van der Waals surface area contributed by atoms with Gasteiger partial charge in [0.1, 0.15) is 0 Å². The Kier molecular flexibility index (Phi) is 3.88. The topological polar surface area (TPSA) is 75.5 Å². The molecular formula is C17H20N4O3S. The lowest BCUT2D eigenvalue weighted by Crippen LogP contribution is -2.42. The smallest absolute Gasteiger partial charge is 0.243 e. The summed E-state index contributed by atoms with van der Waals surface area (Å²) < 4.78 is 29.6. The van der Waals surface area contributed by atoms with Gasteiger partial charge in [0.25, 0.3) is 0 Å². The molecule has 25 heavy (non-hydrogen) atoms. The van der Waals surface area contributed by atoms with Crippen molar-refractivity contribution in [3.05, 3.63) is 42.7 Å². The zero-order valence-electron chi connectivity index (χ0n) is 13.9. The van der Waals surface area contributed by atoms with Gasteiger partial charge >= 0.3 is 0 Å². The highest BCUT2D eigenvalue weighted by molar-refractivity contribution is 7.89. The average molecular weight is 360 g/mol. The Hall–Kier alpha value is -2.19. The van der Waals surface area contributed by atoms with E-state index in [1.54, 1.807) is 57.6 Å². The van der Waals surface area contributed by atoms with E-state index in [2.05, 4.69) is 5.10 Å². The molecule has 7 nitrogen and oxygen atoms in total. The fraction of sp³-hybridized carbons (Fsp3) is 0.412. The molecule has 1 aromatic carbocycles. The van der Waals surface area contributed by atoms with E-state index in [-0.39, 0.29) is 29.3 Å². The summed E-state index contributed by atoms with van der Waals surface area (Å²) >= 11 is 0. The standard InChI is InChI=1S/C17H20N4O3S/c1-19-12-15-4-3-14(11-17(19)22)21(15)25(23,24)16-7-5-13(6-8-16)20-10-2-9-18-20/h2,5-10,14-15H,3-4,11-12H2,1H3/t14-,15+/m1/s1. The molecule has 0 aliphatic carbocycles. The van der Waals surface area contributed by atoms with E-state index in [9.17, 15) is 13.2 Å². The van der Waals surface area contributed by atoms with Crippen LogP contribution in [0.2, 0.25) is 0 Å². The van der Waals surface area contributed by atoms with E-state index >= 15 is 0 Å². The molecule has 2 fully saturated rings. The molecule has 4 rings (SSSR count). The normalized spacial score (nSPS) is 24.5. The van der Waals surface area contributed by atoms with E-state index in [4.69, 9.17) is 0 Å². The number of sulfonamides is 1. The number of likely N-dealkylation sites (tertiary alicyclic amines) is 1. The molecule has 2 aromatic rings. The third kappa shape index (κ3) is 2.75. The molecular weight excluding hydrogens is 340 g/mol. The molecule has 2 saturated heterocycles. The van der Waals surface area contributed by atoms with Crippen molar-refractivity contribution in [2.45, 2.75) is 36.2 Å². The lowest BCUT2D eigenvalue weighted by molar-refractivity contribution is -0.130. The molecule has 1 amide bonds. The predicted octanol–water partition coefficient (Wildman–Crippen LogP) is 1.26. The van der Waals surface area contributed by atoms with E-state index in [1.807, 2.05) is 6.07 Å². The van der Waals surface area contributed by atoms with Gasteiger partial charge < -0.3 is 4.90 Å². The van der Waals surface area contributed by atoms with Crippen LogP contribution in [0, 0.1) is 0 Å². The van der Waals surface area contributed by atoms with Gasteiger partial charge in [0.05, 0.1) is 10.6 Å². The molecule has 2 atom stereocenters. The summed E-state index contributed by atoms with van der Waals surface area (Å²) in [5, 5.41) is 4.15. The highest BCUT2D eigenvalue weighted by atomic mass is 32.2. The van der Waals surface area contributed by atoms with Crippen LogP contribution in [0.3, 0.4) is 0 Å². The van der Waals surface area contributed by atoms with Crippen LogP contribution in [0.25, 0.3) is 5.69 Å². The number of rotatable bonds is 3. The van der Waals surface area contributed by atoms with Crippen molar-refractivity contribution in [1.82, 2.24) is 19.0 Å². The number of carbonyl (C=O) groups is 1. The minimum atomic E-state index is -3.63. The number of nitrogens with zero attached hydrogens (tertiary/aromatic N) is 4. The van der Waals surface area contributed by atoms with Crippen molar-refractivity contribution < 1.29 is 13.2 Å². The van der Waals surface area contributed by atoms with E-state index in [0.29, 0.717) is 6.54 Å². The van der Waals surface area contributed by atoms with Crippen molar-refractivity contribution in [1.29, 1.82) is 0 Å². The van der Waals surface area contributed by atoms with Crippen LogP contribution >= 0.6 is 0 Å². The van der Waals surface area contributed by atoms with E-state index in [0.717, 1.165) is 18.5 Å². The first-order chi connectivity index (χ1) is 12.0. The van der Waals surface area contributed by atoms with Crippen LogP contribution in [0.15, 0.2) is 47.6 Å². The summed E-state index contributed by atoms with van der Waals surface area (Å²) in [5.74, 6) is 0.0152. The lowest BCUT2D eigenvalue weighted by Gasteiger charge is -2.27. The van der Waals surface area contributed by atoms with Crippen LogP contribution in [0.1, 0.15) is 19.3 Å². The Labute approximate surface area is 146 Å². The summed E-state index contributed by atoms with van der Waals surface area (Å²) in [5.41, 5.74) is 0.803. The first kappa shape index (κ1) is 16.3. The number of benzene rings is 1. The minimum Gasteiger partial charge on any atom is -0.344 e. The molecule has 2 aliphatic heterocycles. The molecule has 3 heterocycles. The second kappa shape index (κ2) is 5.96. The van der Waals surface area contributed by atoms with Gasteiger partial charge in [-0.2, -0.15) is 9.40 Å². The average Bonchev–Trinajstić information content (AvgIpc) is 3.22. The largest absolute Gasteiger partial charge is 0.344 e. The first-order valence-electron chi connectivity index (χ1n) is 8.34. The summed E-state index contributed by atoms with van der Waals surface area (Å²) in [4.78, 5) is 14.0. The Morgan fingerprint density at radius 1 is 1.12 bits per heavy atom. The van der Waals surface area contributed by atoms with Crippen LogP contribution in [-0.4, -0.2) is 59.0 Å². The van der Waals surface area contributed by atoms with Crippen LogP contribution in [0.5, 0.6) is 0 Å². The van der Waals surface area contributed by atoms with Gasteiger partial charge in [-0.1, -0.05) is 0 Å². The van der Waals surface area contributed by atoms with Gasteiger partial charge in [0.15, 0.2) is 0 Å². The number of fused-ring (bicyclic) bond motifs is 2. The van der Waals surface area contributed by atoms with Crippen LogP contribution < -0.4 is 0 Å². The third-order valence-corrected chi connectivity index (χ3v) is 7.07. The molecule has 2 aliphatic rings.